The van der Waals surface area contributed by atoms with E-state index in [1.807, 2.05) is 0 Å². The molecule has 0 saturated heterocycles. The Morgan fingerprint density at radius 1 is 1.90 bits per heavy atom. The predicted molar refractivity (Wildman–Crippen MR) is 38.3 cm³/mol. The summed E-state index contributed by atoms with van der Waals surface area (Å²) in [6.45, 7) is 1.24. The Balaban J connectivity index is 2.19. The van der Waals surface area contributed by atoms with Gasteiger partial charge in [-0.15, -0.1) is 0 Å². The summed E-state index contributed by atoms with van der Waals surface area (Å²) in [4.78, 5) is 13.9. The van der Waals surface area contributed by atoms with E-state index >= 15 is 0 Å². The van der Waals surface area contributed by atoms with E-state index in [4.69, 9.17) is 9.84 Å². The molecule has 56 valence electrons. The molecule has 0 saturated carbocycles. The molecule has 0 atom stereocenters. The molecule has 0 aromatic carbocycles. The van der Waals surface area contributed by atoms with E-state index in [1.54, 1.807) is 0 Å². The predicted octanol–water partition coefficient (Wildman–Crippen LogP) is 0.190. The molecule has 0 bridgehead atoms. The third kappa shape index (κ3) is 2.26. The summed E-state index contributed by atoms with van der Waals surface area (Å²) in [6, 6.07) is 0. The number of aliphatic imine (C=N–C) groups is 1. The molecule has 0 aromatic heterocycles. The topological polar surface area (TPSA) is 58.9 Å². The lowest BCUT2D eigenvalue weighted by Crippen LogP contribution is -2.02. The number of nitrogens with zero attached hydrogens (tertiary/aromatic N) is 1. The zero-order valence-electron chi connectivity index (χ0n) is 5.24. The summed E-state index contributed by atoms with van der Waals surface area (Å²) < 4.78 is 4.95. The van der Waals surface area contributed by atoms with Crippen LogP contribution in [-0.4, -0.2) is 35.2 Å². The van der Waals surface area contributed by atoms with Crippen LogP contribution in [0, 0.1) is 0 Å². The number of aliphatic carboxylic acids is 1. The van der Waals surface area contributed by atoms with Gasteiger partial charge in [0.2, 0.25) is 5.23 Å². The molecule has 1 aliphatic heterocycles. The summed E-state index contributed by atoms with van der Waals surface area (Å²) >= 11 is 1.12. The van der Waals surface area contributed by atoms with Gasteiger partial charge in [0.05, 0.1) is 6.54 Å². The number of hydrogen-bond acceptors (Lipinski definition) is 4. The minimum Gasteiger partial charge on any atom is -0.481 e. The minimum absolute atomic E-state index is 0.0266. The van der Waals surface area contributed by atoms with Crippen molar-refractivity contribution in [3.63, 3.8) is 0 Å². The van der Waals surface area contributed by atoms with Gasteiger partial charge in [-0.2, -0.15) is 0 Å². The molecule has 4 nitrogen and oxygen atoms in total. The molecule has 0 aromatic rings. The smallest absolute Gasteiger partial charge is 0.314 e. The molecule has 0 amide bonds. The number of hydrogen-bond donors (Lipinski definition) is 1. The monoisotopic (exact) mass is 161 g/mol. The van der Waals surface area contributed by atoms with Crippen molar-refractivity contribution >= 4 is 23.0 Å². The van der Waals surface area contributed by atoms with Crippen molar-refractivity contribution < 1.29 is 14.6 Å². The van der Waals surface area contributed by atoms with Crippen molar-refractivity contribution in [1.82, 2.24) is 0 Å². The second kappa shape index (κ2) is 3.46. The molecule has 0 aliphatic carbocycles. The van der Waals surface area contributed by atoms with Gasteiger partial charge in [0.25, 0.3) is 0 Å². The van der Waals surface area contributed by atoms with Gasteiger partial charge >= 0.3 is 5.97 Å². The lowest BCUT2D eigenvalue weighted by molar-refractivity contribution is -0.133. The highest BCUT2D eigenvalue weighted by atomic mass is 32.2. The summed E-state index contributed by atoms with van der Waals surface area (Å²) in [5.41, 5.74) is 0. The van der Waals surface area contributed by atoms with E-state index in [-0.39, 0.29) is 5.75 Å². The lowest BCUT2D eigenvalue weighted by atomic mass is 10.8. The van der Waals surface area contributed by atoms with Crippen LogP contribution in [0.3, 0.4) is 0 Å². The van der Waals surface area contributed by atoms with Gasteiger partial charge in [-0.25, -0.2) is 4.99 Å². The summed E-state index contributed by atoms with van der Waals surface area (Å²) in [5.74, 6) is -0.818. The van der Waals surface area contributed by atoms with Gasteiger partial charge in [0, 0.05) is 0 Å². The molecule has 0 fully saturated rings. The van der Waals surface area contributed by atoms with Crippen LogP contribution in [0.15, 0.2) is 4.99 Å². The number of carboxylic acid groups (broad SMARTS) is 1. The number of carbonyl (C=O) groups is 1. The van der Waals surface area contributed by atoms with Gasteiger partial charge in [-0.3, -0.25) is 4.79 Å². The Bertz CT molecular complexity index is 168. The van der Waals surface area contributed by atoms with Crippen molar-refractivity contribution in [2.24, 2.45) is 4.99 Å². The Hall–Kier alpha value is -0.710. The summed E-state index contributed by atoms with van der Waals surface area (Å²) in [6.07, 6.45) is 0. The van der Waals surface area contributed by atoms with E-state index in [0.717, 1.165) is 11.8 Å². The molecule has 1 heterocycles. The fourth-order valence-corrected chi connectivity index (χ4v) is 1.12. The minimum atomic E-state index is -0.844. The number of carboxylic acids is 1. The van der Waals surface area contributed by atoms with Gasteiger partial charge in [0.15, 0.2) is 0 Å². The van der Waals surface area contributed by atoms with Gasteiger partial charge in [-0.05, 0) is 0 Å². The molecular weight excluding hydrogens is 154 g/mol. The Morgan fingerprint density at radius 3 is 3.20 bits per heavy atom. The van der Waals surface area contributed by atoms with Crippen LogP contribution in [0.4, 0.5) is 0 Å². The highest BCUT2D eigenvalue weighted by Gasteiger charge is 2.09. The summed E-state index contributed by atoms with van der Waals surface area (Å²) in [7, 11) is 0. The maximum atomic E-state index is 10.0. The highest BCUT2D eigenvalue weighted by Crippen LogP contribution is 2.09. The molecule has 5 heteroatoms. The SMILES string of the molecule is O=C(O)CSC1=NCCO1. The van der Waals surface area contributed by atoms with Crippen molar-refractivity contribution in [2.75, 3.05) is 18.9 Å². The van der Waals surface area contributed by atoms with Crippen molar-refractivity contribution in [3.8, 4) is 0 Å². The normalized spacial score (nSPS) is 16.2. The zero-order chi connectivity index (χ0) is 7.40. The first-order valence-electron chi connectivity index (χ1n) is 2.81. The van der Waals surface area contributed by atoms with Crippen molar-refractivity contribution in [1.29, 1.82) is 0 Å². The number of rotatable bonds is 2. The second-order valence-electron chi connectivity index (χ2n) is 1.68. The zero-order valence-corrected chi connectivity index (χ0v) is 6.06. The molecule has 0 radical (unpaired) electrons. The Morgan fingerprint density at radius 2 is 2.70 bits per heavy atom. The number of thioether (sulfide) groups is 1. The van der Waals surface area contributed by atoms with Gasteiger partial charge in [-0.1, -0.05) is 11.8 Å². The molecule has 1 N–H and O–H groups in total. The number of ether oxygens (including phenoxy) is 1. The van der Waals surface area contributed by atoms with Crippen LogP contribution in [0.5, 0.6) is 0 Å². The fourth-order valence-electron chi connectivity index (χ4n) is 0.526. The average molecular weight is 161 g/mol. The Kier molecular flexibility index (Phi) is 2.56. The molecule has 0 spiro atoms. The quantitative estimate of drug-likeness (QED) is 0.628. The highest BCUT2D eigenvalue weighted by molar-refractivity contribution is 8.14. The maximum absolute atomic E-state index is 10.0. The molecular formula is C5H7NO3S. The summed E-state index contributed by atoms with van der Waals surface area (Å²) in [5, 5.41) is 8.74. The molecule has 10 heavy (non-hydrogen) atoms. The fraction of sp³-hybridized carbons (Fsp3) is 0.600. The van der Waals surface area contributed by atoms with Crippen molar-refractivity contribution in [3.05, 3.63) is 0 Å². The van der Waals surface area contributed by atoms with Crippen LogP contribution in [0.25, 0.3) is 0 Å². The van der Waals surface area contributed by atoms with Crippen LogP contribution in [-0.2, 0) is 9.53 Å². The van der Waals surface area contributed by atoms with Gasteiger partial charge < -0.3 is 9.84 Å². The van der Waals surface area contributed by atoms with Gasteiger partial charge in [0.1, 0.15) is 12.4 Å². The maximum Gasteiger partial charge on any atom is 0.314 e. The first-order chi connectivity index (χ1) is 4.79. The largest absolute Gasteiger partial charge is 0.481 e. The van der Waals surface area contributed by atoms with E-state index in [9.17, 15) is 4.79 Å². The van der Waals surface area contributed by atoms with E-state index in [0.29, 0.717) is 18.4 Å². The molecule has 1 rings (SSSR count). The van der Waals surface area contributed by atoms with E-state index in [1.165, 1.54) is 0 Å². The first-order valence-corrected chi connectivity index (χ1v) is 3.79. The van der Waals surface area contributed by atoms with Crippen LogP contribution in [0.2, 0.25) is 0 Å². The average Bonchev–Trinajstić information content (AvgIpc) is 2.34. The third-order valence-electron chi connectivity index (χ3n) is 0.877. The standard InChI is InChI=1S/C5H7NO3S/c7-4(8)3-10-5-6-1-2-9-5/h1-3H2,(H,7,8). The van der Waals surface area contributed by atoms with Crippen LogP contribution in [0.1, 0.15) is 0 Å². The van der Waals surface area contributed by atoms with E-state index < -0.39 is 5.97 Å². The molecule has 0 unspecified atom stereocenters. The van der Waals surface area contributed by atoms with Crippen molar-refractivity contribution in [2.45, 2.75) is 0 Å². The lowest BCUT2D eigenvalue weighted by Gasteiger charge is -1.95. The third-order valence-corrected chi connectivity index (χ3v) is 1.76. The second-order valence-corrected chi connectivity index (χ2v) is 2.61. The Labute approximate surface area is 62.3 Å². The van der Waals surface area contributed by atoms with Crippen LogP contribution >= 0.6 is 11.8 Å². The van der Waals surface area contributed by atoms with Crippen LogP contribution < -0.4 is 0 Å². The van der Waals surface area contributed by atoms with E-state index in [2.05, 4.69) is 4.99 Å². The first kappa shape index (κ1) is 7.40. The molecule has 1 aliphatic rings.